The summed E-state index contributed by atoms with van der Waals surface area (Å²) in [6.07, 6.45) is 1.64. The van der Waals surface area contributed by atoms with Gasteiger partial charge in [0.15, 0.2) is 0 Å². The lowest BCUT2D eigenvalue weighted by molar-refractivity contribution is -0.116. The minimum atomic E-state index is -0.570. The molecule has 0 saturated heterocycles. The highest BCUT2D eigenvalue weighted by atomic mass is 32.2. The molecule has 5 aromatic rings. The fourth-order valence-corrected chi connectivity index (χ4v) is 5.70. The van der Waals surface area contributed by atoms with E-state index in [4.69, 9.17) is 0 Å². The third-order valence-electron chi connectivity index (χ3n) is 7.10. The summed E-state index contributed by atoms with van der Waals surface area (Å²) in [5.74, 6) is -1.26. The SMILES string of the molecule is CC(=O)Nc1ccc(NC(=O)C(Sc2ccc(NC(=O)/C(=C/c3ccc(C)cc3)NC(=O)c3ccccc3)cc2)c2ccccc2)cc1. The molecule has 48 heavy (non-hydrogen) atoms. The Balaban J connectivity index is 1.30. The van der Waals surface area contributed by atoms with Gasteiger partial charge >= 0.3 is 0 Å². The molecule has 4 amide bonds. The van der Waals surface area contributed by atoms with Crippen molar-refractivity contribution in [3.8, 4) is 0 Å². The molecule has 4 N–H and O–H groups in total. The molecule has 0 aliphatic carbocycles. The number of amides is 4. The molecule has 0 radical (unpaired) electrons. The van der Waals surface area contributed by atoms with Crippen LogP contribution in [-0.4, -0.2) is 23.6 Å². The van der Waals surface area contributed by atoms with Gasteiger partial charge in [0, 0.05) is 34.4 Å². The Hall–Kier alpha value is -5.93. The average molecular weight is 655 g/mol. The van der Waals surface area contributed by atoms with Crippen molar-refractivity contribution in [2.45, 2.75) is 24.0 Å². The Kier molecular flexibility index (Phi) is 11.2. The fraction of sp³-hybridized carbons (Fsp3) is 0.0769. The Morgan fingerprint density at radius 3 is 1.77 bits per heavy atom. The molecular formula is C39H34N4O4S. The average Bonchev–Trinajstić information content (AvgIpc) is 3.10. The summed E-state index contributed by atoms with van der Waals surface area (Å²) in [6.45, 7) is 3.41. The molecule has 9 heteroatoms. The Morgan fingerprint density at radius 1 is 0.625 bits per heavy atom. The maximum absolute atomic E-state index is 13.5. The van der Waals surface area contributed by atoms with Crippen molar-refractivity contribution in [1.29, 1.82) is 0 Å². The van der Waals surface area contributed by atoms with Crippen LogP contribution < -0.4 is 21.3 Å². The maximum atomic E-state index is 13.5. The van der Waals surface area contributed by atoms with Crippen molar-refractivity contribution in [3.63, 3.8) is 0 Å². The first-order chi connectivity index (χ1) is 23.2. The van der Waals surface area contributed by atoms with Crippen molar-refractivity contribution in [2.75, 3.05) is 16.0 Å². The minimum absolute atomic E-state index is 0.0945. The van der Waals surface area contributed by atoms with E-state index in [1.54, 1.807) is 66.7 Å². The number of aryl methyl sites for hydroxylation is 1. The third-order valence-corrected chi connectivity index (χ3v) is 8.36. The first-order valence-electron chi connectivity index (χ1n) is 15.2. The van der Waals surface area contributed by atoms with Crippen molar-refractivity contribution in [1.82, 2.24) is 5.32 Å². The van der Waals surface area contributed by atoms with Crippen LogP contribution in [0.15, 0.2) is 144 Å². The van der Waals surface area contributed by atoms with Crippen LogP contribution in [0.25, 0.3) is 6.08 Å². The molecule has 8 nitrogen and oxygen atoms in total. The Labute approximate surface area is 283 Å². The van der Waals surface area contributed by atoms with E-state index < -0.39 is 17.1 Å². The molecule has 0 aliphatic rings. The van der Waals surface area contributed by atoms with Gasteiger partial charge in [-0.1, -0.05) is 78.4 Å². The summed E-state index contributed by atoms with van der Waals surface area (Å²) in [4.78, 5) is 52.1. The zero-order valence-electron chi connectivity index (χ0n) is 26.4. The van der Waals surface area contributed by atoms with Gasteiger partial charge in [0.1, 0.15) is 10.9 Å². The molecule has 240 valence electrons. The summed E-state index contributed by atoms with van der Waals surface area (Å²) in [6, 6.07) is 39.9. The molecule has 0 saturated carbocycles. The first-order valence-corrected chi connectivity index (χ1v) is 16.1. The predicted octanol–water partition coefficient (Wildman–Crippen LogP) is 7.84. The number of benzene rings is 5. The second-order valence-corrected chi connectivity index (χ2v) is 12.1. The molecule has 5 aromatic carbocycles. The van der Waals surface area contributed by atoms with Crippen LogP contribution in [0.2, 0.25) is 0 Å². The highest BCUT2D eigenvalue weighted by molar-refractivity contribution is 8.00. The van der Waals surface area contributed by atoms with Crippen LogP contribution in [0.5, 0.6) is 0 Å². The van der Waals surface area contributed by atoms with Gasteiger partial charge in [-0.15, -0.1) is 11.8 Å². The first kappa shape index (κ1) is 33.4. The summed E-state index contributed by atoms with van der Waals surface area (Å²) >= 11 is 1.37. The Bertz CT molecular complexity index is 1910. The maximum Gasteiger partial charge on any atom is 0.272 e. The smallest absolute Gasteiger partial charge is 0.272 e. The molecular weight excluding hydrogens is 621 g/mol. The van der Waals surface area contributed by atoms with Crippen molar-refractivity contribution in [3.05, 3.63) is 161 Å². The number of rotatable bonds is 11. The zero-order valence-corrected chi connectivity index (χ0v) is 27.2. The van der Waals surface area contributed by atoms with Crippen LogP contribution in [0.1, 0.15) is 39.2 Å². The molecule has 0 bridgehead atoms. The lowest BCUT2D eigenvalue weighted by Gasteiger charge is -2.18. The van der Waals surface area contributed by atoms with Gasteiger partial charge in [0.25, 0.3) is 11.8 Å². The van der Waals surface area contributed by atoms with E-state index >= 15 is 0 Å². The van der Waals surface area contributed by atoms with E-state index in [2.05, 4.69) is 21.3 Å². The van der Waals surface area contributed by atoms with Crippen molar-refractivity contribution in [2.24, 2.45) is 0 Å². The number of hydrogen-bond acceptors (Lipinski definition) is 5. The molecule has 1 atom stereocenters. The van der Waals surface area contributed by atoms with Gasteiger partial charge < -0.3 is 21.3 Å². The molecule has 0 aromatic heterocycles. The van der Waals surface area contributed by atoms with Crippen LogP contribution in [0, 0.1) is 6.92 Å². The normalized spacial score (nSPS) is 11.6. The number of carbonyl (C=O) groups is 4. The van der Waals surface area contributed by atoms with Crippen LogP contribution >= 0.6 is 11.8 Å². The summed E-state index contributed by atoms with van der Waals surface area (Å²) in [5.41, 5.74) is 4.95. The van der Waals surface area contributed by atoms with E-state index in [-0.39, 0.29) is 17.5 Å². The lowest BCUT2D eigenvalue weighted by Crippen LogP contribution is -2.30. The van der Waals surface area contributed by atoms with Gasteiger partial charge in [-0.2, -0.15) is 0 Å². The largest absolute Gasteiger partial charge is 0.326 e. The Morgan fingerprint density at radius 2 is 1.17 bits per heavy atom. The van der Waals surface area contributed by atoms with Gasteiger partial charge in [-0.25, -0.2) is 0 Å². The number of thioether (sulfide) groups is 1. The van der Waals surface area contributed by atoms with Crippen LogP contribution in [0.3, 0.4) is 0 Å². The van der Waals surface area contributed by atoms with Gasteiger partial charge in [0.05, 0.1) is 0 Å². The van der Waals surface area contributed by atoms with E-state index in [1.807, 2.05) is 79.7 Å². The van der Waals surface area contributed by atoms with E-state index in [1.165, 1.54) is 18.7 Å². The van der Waals surface area contributed by atoms with Crippen LogP contribution in [0.4, 0.5) is 17.1 Å². The zero-order chi connectivity index (χ0) is 33.9. The van der Waals surface area contributed by atoms with E-state index in [9.17, 15) is 19.2 Å². The number of carbonyl (C=O) groups excluding carboxylic acids is 4. The van der Waals surface area contributed by atoms with Gasteiger partial charge in [-0.3, -0.25) is 19.2 Å². The summed E-state index contributed by atoms with van der Waals surface area (Å²) < 4.78 is 0. The molecule has 1 unspecified atom stereocenters. The van der Waals surface area contributed by atoms with Gasteiger partial charge in [0.2, 0.25) is 11.8 Å². The molecule has 0 fully saturated rings. The predicted molar refractivity (Wildman–Crippen MR) is 193 cm³/mol. The van der Waals surface area contributed by atoms with Crippen molar-refractivity contribution >= 4 is 58.5 Å². The fourth-order valence-electron chi connectivity index (χ4n) is 4.67. The van der Waals surface area contributed by atoms with E-state index in [0.717, 1.165) is 21.6 Å². The minimum Gasteiger partial charge on any atom is -0.326 e. The molecule has 0 spiro atoms. The van der Waals surface area contributed by atoms with Gasteiger partial charge in [-0.05, 0) is 84.8 Å². The number of nitrogens with one attached hydrogen (secondary N) is 4. The lowest BCUT2D eigenvalue weighted by atomic mass is 10.1. The molecule has 0 aliphatic heterocycles. The second-order valence-electron chi connectivity index (χ2n) is 10.9. The second kappa shape index (κ2) is 16.1. The highest BCUT2D eigenvalue weighted by Gasteiger charge is 2.23. The molecule has 0 heterocycles. The quantitative estimate of drug-likeness (QED) is 0.0856. The topological polar surface area (TPSA) is 116 Å². The monoisotopic (exact) mass is 654 g/mol. The van der Waals surface area contributed by atoms with E-state index in [0.29, 0.717) is 22.6 Å². The number of anilines is 3. The van der Waals surface area contributed by atoms with Crippen LogP contribution in [-0.2, 0) is 14.4 Å². The standard InChI is InChI=1S/C39H34N4O4S/c1-26-13-15-28(16-14-26)25-35(43-37(45)30-11-7-4-8-12-30)38(46)41-33-21-23-34(24-22-33)48-36(29-9-5-3-6-10-29)39(47)42-32-19-17-31(18-20-32)40-27(2)44/h3-25,36H,1-2H3,(H,40,44)(H,41,46)(H,42,47)(H,43,45)/b35-25-. The third kappa shape index (κ3) is 9.54. The van der Waals surface area contributed by atoms with Crippen molar-refractivity contribution < 1.29 is 19.2 Å². The summed E-state index contributed by atoms with van der Waals surface area (Å²) in [7, 11) is 0. The molecule has 5 rings (SSSR count). The number of hydrogen-bond donors (Lipinski definition) is 4. The summed E-state index contributed by atoms with van der Waals surface area (Å²) in [5, 5.41) is 10.8. The highest BCUT2D eigenvalue weighted by Crippen LogP contribution is 2.37.